The monoisotopic (exact) mass is 340 g/mol. The number of amides is 1. The van der Waals surface area contributed by atoms with Crippen LogP contribution in [0.15, 0.2) is 42.5 Å². The highest BCUT2D eigenvalue weighted by molar-refractivity contribution is 5.85. The van der Waals surface area contributed by atoms with Crippen molar-refractivity contribution in [1.82, 2.24) is 9.80 Å². The molecule has 5 nitrogen and oxygen atoms in total. The fourth-order valence-electron chi connectivity index (χ4n) is 3.63. The molecule has 0 radical (unpaired) electrons. The minimum absolute atomic E-state index is 0.0736. The molecule has 0 saturated carbocycles. The zero-order valence-electron chi connectivity index (χ0n) is 14.4. The van der Waals surface area contributed by atoms with E-state index in [1.165, 1.54) is 16.3 Å². The van der Waals surface area contributed by atoms with Gasteiger partial charge in [0.05, 0.1) is 19.8 Å². The number of carbonyl (C=O) groups excluding carboxylic acids is 1. The third-order valence-corrected chi connectivity index (χ3v) is 5.05. The molecule has 0 bridgehead atoms. The molecule has 2 fully saturated rings. The van der Waals surface area contributed by atoms with Crippen LogP contribution in [0.3, 0.4) is 0 Å². The standard InChI is InChI=1S/C20H24N2O3/c23-20(19-15-24-12-13-25-19)22-10-8-21(9-11-22)14-17-6-3-5-16-4-1-2-7-18(16)17/h1-7,19H,8-15H2. The molecule has 1 atom stereocenters. The molecule has 0 aliphatic carbocycles. The average Bonchev–Trinajstić information content (AvgIpc) is 2.69. The Labute approximate surface area is 148 Å². The van der Waals surface area contributed by atoms with Crippen molar-refractivity contribution in [2.24, 2.45) is 0 Å². The third kappa shape index (κ3) is 3.68. The summed E-state index contributed by atoms with van der Waals surface area (Å²) < 4.78 is 10.9. The number of fused-ring (bicyclic) bond motifs is 1. The Kier molecular flexibility index (Phi) is 4.97. The Morgan fingerprint density at radius 1 is 1.00 bits per heavy atom. The van der Waals surface area contributed by atoms with E-state index in [4.69, 9.17) is 9.47 Å². The molecule has 0 spiro atoms. The summed E-state index contributed by atoms with van der Waals surface area (Å²) in [5, 5.41) is 2.60. The number of hydrogen-bond acceptors (Lipinski definition) is 4. The molecule has 2 aliphatic rings. The molecular formula is C20H24N2O3. The molecule has 1 unspecified atom stereocenters. The van der Waals surface area contributed by atoms with Crippen molar-refractivity contribution in [3.8, 4) is 0 Å². The van der Waals surface area contributed by atoms with Gasteiger partial charge in [0.25, 0.3) is 5.91 Å². The van der Waals surface area contributed by atoms with Crippen LogP contribution >= 0.6 is 0 Å². The molecule has 5 heteroatoms. The lowest BCUT2D eigenvalue weighted by Gasteiger charge is -2.37. The Morgan fingerprint density at radius 3 is 2.60 bits per heavy atom. The topological polar surface area (TPSA) is 42.0 Å². The maximum absolute atomic E-state index is 12.5. The third-order valence-electron chi connectivity index (χ3n) is 5.05. The van der Waals surface area contributed by atoms with Crippen molar-refractivity contribution >= 4 is 16.7 Å². The van der Waals surface area contributed by atoms with E-state index in [1.807, 2.05) is 4.90 Å². The zero-order valence-corrected chi connectivity index (χ0v) is 14.4. The van der Waals surface area contributed by atoms with E-state index in [-0.39, 0.29) is 5.91 Å². The lowest BCUT2D eigenvalue weighted by Crippen LogP contribution is -2.53. The van der Waals surface area contributed by atoms with Crippen molar-refractivity contribution in [3.05, 3.63) is 48.0 Å². The first-order valence-electron chi connectivity index (χ1n) is 8.98. The van der Waals surface area contributed by atoms with E-state index in [9.17, 15) is 4.79 Å². The number of carbonyl (C=O) groups is 1. The smallest absolute Gasteiger partial charge is 0.254 e. The Morgan fingerprint density at radius 2 is 1.80 bits per heavy atom. The summed E-state index contributed by atoms with van der Waals surface area (Å²) in [6.07, 6.45) is -0.418. The number of hydrogen-bond donors (Lipinski definition) is 0. The van der Waals surface area contributed by atoms with Crippen LogP contribution in [0.5, 0.6) is 0 Å². The minimum Gasteiger partial charge on any atom is -0.376 e. The van der Waals surface area contributed by atoms with Crippen molar-refractivity contribution in [1.29, 1.82) is 0 Å². The predicted octanol–water partition coefficient (Wildman–Crippen LogP) is 1.90. The van der Waals surface area contributed by atoms with Crippen molar-refractivity contribution in [2.75, 3.05) is 46.0 Å². The van der Waals surface area contributed by atoms with Gasteiger partial charge in [0.2, 0.25) is 0 Å². The molecule has 2 aromatic carbocycles. The van der Waals surface area contributed by atoms with E-state index in [0.29, 0.717) is 19.8 Å². The van der Waals surface area contributed by atoms with Crippen LogP contribution in [0.4, 0.5) is 0 Å². The van der Waals surface area contributed by atoms with Gasteiger partial charge in [0, 0.05) is 32.7 Å². The molecule has 4 rings (SSSR count). The molecule has 1 amide bonds. The zero-order chi connectivity index (χ0) is 17.1. The largest absolute Gasteiger partial charge is 0.376 e. The molecule has 0 N–H and O–H groups in total. The highest BCUT2D eigenvalue weighted by atomic mass is 16.6. The fourth-order valence-corrected chi connectivity index (χ4v) is 3.63. The van der Waals surface area contributed by atoms with E-state index < -0.39 is 6.10 Å². The Balaban J connectivity index is 1.36. The second-order valence-electron chi connectivity index (χ2n) is 6.67. The summed E-state index contributed by atoms with van der Waals surface area (Å²) in [6.45, 7) is 5.69. The molecule has 25 heavy (non-hydrogen) atoms. The van der Waals surface area contributed by atoms with E-state index >= 15 is 0 Å². The van der Waals surface area contributed by atoms with Gasteiger partial charge in [-0.25, -0.2) is 0 Å². The van der Waals surface area contributed by atoms with Gasteiger partial charge >= 0.3 is 0 Å². The first kappa shape index (κ1) is 16.5. The lowest BCUT2D eigenvalue weighted by molar-refractivity contribution is -0.159. The van der Waals surface area contributed by atoms with Gasteiger partial charge in [-0.15, -0.1) is 0 Å². The lowest BCUT2D eigenvalue weighted by atomic mass is 10.0. The first-order valence-corrected chi connectivity index (χ1v) is 8.98. The Hall–Kier alpha value is -1.95. The quantitative estimate of drug-likeness (QED) is 0.856. The second-order valence-corrected chi connectivity index (χ2v) is 6.67. The minimum atomic E-state index is -0.418. The number of rotatable bonds is 3. The van der Waals surface area contributed by atoms with Crippen LogP contribution in [0, 0.1) is 0 Å². The molecule has 2 aromatic rings. The summed E-state index contributed by atoms with van der Waals surface area (Å²) >= 11 is 0. The van der Waals surface area contributed by atoms with E-state index in [0.717, 1.165) is 32.7 Å². The average molecular weight is 340 g/mol. The van der Waals surface area contributed by atoms with Gasteiger partial charge in [-0.05, 0) is 16.3 Å². The van der Waals surface area contributed by atoms with Crippen molar-refractivity contribution in [2.45, 2.75) is 12.6 Å². The number of benzene rings is 2. The highest BCUT2D eigenvalue weighted by Gasteiger charge is 2.29. The van der Waals surface area contributed by atoms with Crippen molar-refractivity contribution < 1.29 is 14.3 Å². The van der Waals surface area contributed by atoms with Gasteiger partial charge in [-0.1, -0.05) is 42.5 Å². The van der Waals surface area contributed by atoms with Crippen LogP contribution in [-0.2, 0) is 20.8 Å². The molecule has 0 aromatic heterocycles. The maximum Gasteiger partial charge on any atom is 0.254 e. The van der Waals surface area contributed by atoms with Crippen molar-refractivity contribution in [3.63, 3.8) is 0 Å². The fraction of sp³-hybridized carbons (Fsp3) is 0.450. The SMILES string of the molecule is O=C(C1COCCO1)N1CCN(Cc2cccc3ccccc23)CC1. The summed E-state index contributed by atoms with van der Waals surface area (Å²) in [4.78, 5) is 16.8. The highest BCUT2D eigenvalue weighted by Crippen LogP contribution is 2.20. The van der Waals surface area contributed by atoms with Crippen LogP contribution in [0.25, 0.3) is 10.8 Å². The normalized spacial score (nSPS) is 22.2. The number of nitrogens with zero attached hydrogens (tertiary/aromatic N) is 2. The summed E-state index contributed by atoms with van der Waals surface area (Å²) in [5.74, 6) is 0.0736. The van der Waals surface area contributed by atoms with Gasteiger partial charge in [0.15, 0.2) is 6.10 Å². The molecule has 2 heterocycles. The number of ether oxygens (including phenoxy) is 2. The van der Waals surface area contributed by atoms with E-state index in [1.54, 1.807) is 0 Å². The van der Waals surface area contributed by atoms with Crippen LogP contribution in [0.2, 0.25) is 0 Å². The van der Waals surface area contributed by atoms with Crippen LogP contribution in [-0.4, -0.2) is 67.8 Å². The molecule has 2 saturated heterocycles. The van der Waals surface area contributed by atoms with Gasteiger partial charge in [-0.2, -0.15) is 0 Å². The second kappa shape index (κ2) is 7.52. The van der Waals surface area contributed by atoms with Gasteiger partial charge < -0.3 is 14.4 Å². The van der Waals surface area contributed by atoms with Gasteiger partial charge in [0.1, 0.15) is 0 Å². The van der Waals surface area contributed by atoms with E-state index in [2.05, 4.69) is 47.4 Å². The van der Waals surface area contributed by atoms with Crippen LogP contribution < -0.4 is 0 Å². The summed E-state index contributed by atoms with van der Waals surface area (Å²) in [6, 6.07) is 15.0. The summed E-state index contributed by atoms with van der Waals surface area (Å²) in [5.41, 5.74) is 1.35. The summed E-state index contributed by atoms with van der Waals surface area (Å²) in [7, 11) is 0. The maximum atomic E-state index is 12.5. The predicted molar refractivity (Wildman–Crippen MR) is 96.4 cm³/mol. The molecule has 132 valence electrons. The molecular weight excluding hydrogens is 316 g/mol. The first-order chi connectivity index (χ1) is 12.3. The van der Waals surface area contributed by atoms with Crippen LogP contribution in [0.1, 0.15) is 5.56 Å². The van der Waals surface area contributed by atoms with Gasteiger partial charge in [-0.3, -0.25) is 9.69 Å². The molecule has 2 aliphatic heterocycles. The number of piperazine rings is 1. The Bertz CT molecular complexity index is 729.